The summed E-state index contributed by atoms with van der Waals surface area (Å²) in [5, 5.41) is 0. The van der Waals surface area contributed by atoms with E-state index in [9.17, 15) is 26.4 Å². The maximum atomic E-state index is 12.7. The van der Waals surface area contributed by atoms with Crippen LogP contribution in [0.25, 0.3) is 0 Å². The van der Waals surface area contributed by atoms with Crippen LogP contribution in [0.15, 0.2) is 53.4 Å². The van der Waals surface area contributed by atoms with Gasteiger partial charge in [0, 0.05) is 0 Å². The van der Waals surface area contributed by atoms with E-state index in [1.165, 1.54) is 0 Å². The van der Waals surface area contributed by atoms with Crippen molar-refractivity contribution in [2.45, 2.75) is 17.2 Å². The molecule has 1 heterocycles. The molecule has 144 valence electrons. The fourth-order valence-electron chi connectivity index (χ4n) is 2.25. The van der Waals surface area contributed by atoms with E-state index < -0.39 is 38.7 Å². The number of hydrazine groups is 1. The normalized spacial score (nSPS) is 16.6. The highest BCUT2D eigenvalue weighted by atomic mass is 32.2. The van der Waals surface area contributed by atoms with E-state index in [1.54, 1.807) is 29.1 Å². The van der Waals surface area contributed by atoms with E-state index in [2.05, 4.69) is 0 Å². The topological polar surface area (TPSA) is 93.7 Å². The van der Waals surface area contributed by atoms with Gasteiger partial charge in [0.1, 0.15) is 6.61 Å². The Morgan fingerprint density at radius 3 is 2.48 bits per heavy atom. The molecule has 0 fully saturated rings. The van der Waals surface area contributed by atoms with Crippen molar-refractivity contribution in [3.8, 4) is 11.5 Å². The molecule has 0 aliphatic carbocycles. The summed E-state index contributed by atoms with van der Waals surface area (Å²) in [5.74, 6) is -0.115. The number of carbonyl (C=O) groups is 1. The molecule has 2 aromatic rings. The third-order valence-corrected chi connectivity index (χ3v) is 4.83. The maximum absolute atomic E-state index is 12.7. The number of alkyl halides is 3. The van der Waals surface area contributed by atoms with Gasteiger partial charge >= 0.3 is 6.18 Å². The summed E-state index contributed by atoms with van der Waals surface area (Å²) in [7, 11) is -4.42. The van der Waals surface area contributed by atoms with Crippen LogP contribution < -0.4 is 19.7 Å². The van der Waals surface area contributed by atoms with Gasteiger partial charge in [-0.3, -0.25) is 10.2 Å². The Kier molecular flexibility index (Phi) is 4.98. The van der Waals surface area contributed by atoms with Gasteiger partial charge in [-0.2, -0.15) is 13.2 Å². The number of benzene rings is 2. The van der Waals surface area contributed by atoms with Gasteiger partial charge in [0.2, 0.25) is 6.10 Å². The van der Waals surface area contributed by atoms with Crippen molar-refractivity contribution in [2.75, 3.05) is 6.61 Å². The summed E-state index contributed by atoms with van der Waals surface area (Å²) >= 11 is 0. The molecule has 1 amide bonds. The third kappa shape index (κ3) is 4.31. The lowest BCUT2D eigenvalue weighted by molar-refractivity contribution is -0.137. The lowest BCUT2D eigenvalue weighted by Crippen LogP contribution is -2.50. The Labute approximate surface area is 152 Å². The molecule has 1 aliphatic heterocycles. The Hall–Kier alpha value is -2.79. The molecular formula is C16H13F3N2O5S. The molecule has 1 atom stereocenters. The first-order chi connectivity index (χ1) is 12.7. The quantitative estimate of drug-likeness (QED) is 0.762. The van der Waals surface area contributed by atoms with Gasteiger partial charge in [-0.05, 0) is 30.3 Å². The third-order valence-electron chi connectivity index (χ3n) is 3.58. The number of fused-ring (bicyclic) bond motifs is 1. The van der Waals surface area contributed by atoms with E-state index in [-0.39, 0.29) is 6.61 Å². The van der Waals surface area contributed by atoms with Crippen molar-refractivity contribution < 1.29 is 35.9 Å². The SMILES string of the molecule is O=C(NNS(=O)(=O)c1cccc(C(F)(F)F)c1)[C@H]1COc2ccccc2O1. The number of rotatable bonds is 4. The first-order valence-electron chi connectivity index (χ1n) is 7.54. The van der Waals surface area contributed by atoms with E-state index in [4.69, 9.17) is 9.47 Å². The van der Waals surface area contributed by atoms with E-state index in [0.717, 1.165) is 18.2 Å². The molecule has 0 aromatic heterocycles. The first kappa shape index (κ1) is 19.0. The van der Waals surface area contributed by atoms with Crippen LogP contribution in [-0.2, 0) is 21.0 Å². The van der Waals surface area contributed by atoms with Crippen molar-refractivity contribution in [1.29, 1.82) is 0 Å². The molecule has 11 heteroatoms. The van der Waals surface area contributed by atoms with Crippen LogP contribution in [0, 0.1) is 0 Å². The zero-order valence-electron chi connectivity index (χ0n) is 13.5. The zero-order chi connectivity index (χ0) is 19.7. The molecule has 0 spiro atoms. The fraction of sp³-hybridized carbons (Fsp3) is 0.188. The second kappa shape index (κ2) is 7.08. The van der Waals surface area contributed by atoms with Crippen LogP contribution in [-0.4, -0.2) is 27.0 Å². The summed E-state index contributed by atoms with van der Waals surface area (Å²) in [4.78, 5) is 13.2. The molecule has 0 unspecified atom stereocenters. The van der Waals surface area contributed by atoms with Gasteiger partial charge in [-0.1, -0.05) is 18.2 Å². The number of carbonyl (C=O) groups excluding carboxylic acids is 1. The number of ether oxygens (including phenoxy) is 2. The number of amides is 1. The number of hydrogen-bond donors (Lipinski definition) is 2. The van der Waals surface area contributed by atoms with Crippen LogP contribution in [0.5, 0.6) is 11.5 Å². The molecule has 0 saturated carbocycles. The first-order valence-corrected chi connectivity index (χ1v) is 9.02. The highest BCUT2D eigenvalue weighted by molar-refractivity contribution is 7.89. The lowest BCUT2D eigenvalue weighted by atomic mass is 10.2. The van der Waals surface area contributed by atoms with Crippen molar-refractivity contribution in [2.24, 2.45) is 0 Å². The van der Waals surface area contributed by atoms with E-state index in [1.807, 2.05) is 5.43 Å². The van der Waals surface area contributed by atoms with Gasteiger partial charge in [-0.15, -0.1) is 4.83 Å². The second-order valence-corrected chi connectivity index (χ2v) is 7.17. The van der Waals surface area contributed by atoms with Crippen molar-refractivity contribution in [1.82, 2.24) is 10.3 Å². The average molecular weight is 402 g/mol. The van der Waals surface area contributed by atoms with Gasteiger partial charge in [0.15, 0.2) is 11.5 Å². The molecule has 7 nitrogen and oxygen atoms in total. The zero-order valence-corrected chi connectivity index (χ0v) is 14.3. The van der Waals surface area contributed by atoms with Gasteiger partial charge in [0.05, 0.1) is 10.5 Å². The molecule has 27 heavy (non-hydrogen) atoms. The molecule has 0 radical (unpaired) electrons. The summed E-state index contributed by atoms with van der Waals surface area (Å²) in [6.45, 7) is -0.159. The second-order valence-electron chi connectivity index (χ2n) is 5.48. The molecular weight excluding hydrogens is 389 g/mol. The average Bonchev–Trinajstić information content (AvgIpc) is 2.65. The maximum Gasteiger partial charge on any atom is 0.416 e. The molecule has 0 saturated heterocycles. The molecule has 2 N–H and O–H groups in total. The summed E-state index contributed by atoms with van der Waals surface area (Å²) in [6.07, 6.45) is -5.83. The summed E-state index contributed by atoms with van der Waals surface area (Å²) in [6, 6.07) is 9.72. The predicted octanol–water partition coefficient (Wildman–Crippen LogP) is 1.85. The Bertz CT molecular complexity index is 963. The van der Waals surface area contributed by atoms with Crippen LogP contribution in [0.3, 0.4) is 0 Å². The minimum Gasteiger partial charge on any atom is -0.485 e. The molecule has 3 rings (SSSR count). The number of hydrogen-bond acceptors (Lipinski definition) is 5. The van der Waals surface area contributed by atoms with Crippen LogP contribution in [0.4, 0.5) is 13.2 Å². The van der Waals surface area contributed by atoms with Crippen molar-refractivity contribution in [3.63, 3.8) is 0 Å². The standard InChI is InChI=1S/C16H13F3N2O5S/c17-16(18,19)10-4-3-5-11(8-10)27(23,24)21-20-15(22)14-9-25-12-6-1-2-7-13(12)26-14/h1-8,14,21H,9H2,(H,20,22)/t14-/m1/s1. The largest absolute Gasteiger partial charge is 0.485 e. The highest BCUT2D eigenvalue weighted by Crippen LogP contribution is 2.31. The highest BCUT2D eigenvalue weighted by Gasteiger charge is 2.32. The molecule has 0 bridgehead atoms. The van der Waals surface area contributed by atoms with Crippen LogP contribution in [0.2, 0.25) is 0 Å². The summed E-state index contributed by atoms with van der Waals surface area (Å²) < 4.78 is 73.2. The van der Waals surface area contributed by atoms with Gasteiger partial charge in [0.25, 0.3) is 15.9 Å². The molecule has 2 aromatic carbocycles. The van der Waals surface area contributed by atoms with Crippen molar-refractivity contribution in [3.05, 3.63) is 54.1 Å². The van der Waals surface area contributed by atoms with E-state index in [0.29, 0.717) is 17.6 Å². The van der Waals surface area contributed by atoms with Gasteiger partial charge < -0.3 is 9.47 Å². The van der Waals surface area contributed by atoms with Crippen LogP contribution >= 0.6 is 0 Å². The minimum atomic E-state index is -4.70. The van der Waals surface area contributed by atoms with Crippen LogP contribution in [0.1, 0.15) is 5.56 Å². The Balaban J connectivity index is 1.67. The molecule has 1 aliphatic rings. The Morgan fingerprint density at radius 2 is 1.78 bits per heavy atom. The lowest BCUT2D eigenvalue weighted by Gasteiger charge is -2.25. The minimum absolute atomic E-state index is 0.159. The summed E-state index contributed by atoms with van der Waals surface area (Å²) in [5.41, 5.74) is 0.790. The predicted molar refractivity (Wildman–Crippen MR) is 86.3 cm³/mol. The monoisotopic (exact) mass is 402 g/mol. The number of halogens is 3. The number of para-hydroxylation sites is 2. The van der Waals surface area contributed by atoms with E-state index >= 15 is 0 Å². The number of nitrogens with one attached hydrogen (secondary N) is 2. The fourth-order valence-corrected chi connectivity index (χ4v) is 3.14. The number of sulfonamides is 1. The van der Waals surface area contributed by atoms with Crippen molar-refractivity contribution >= 4 is 15.9 Å². The smallest absolute Gasteiger partial charge is 0.416 e. The Morgan fingerprint density at radius 1 is 1.07 bits per heavy atom. The van der Waals surface area contributed by atoms with Gasteiger partial charge in [-0.25, -0.2) is 8.42 Å².